The lowest BCUT2D eigenvalue weighted by molar-refractivity contribution is 0.294. The Morgan fingerprint density at radius 3 is 2.42 bits per heavy atom. The lowest BCUT2D eigenvalue weighted by Crippen LogP contribution is -2.25. The molecule has 1 fully saturated rings. The van der Waals surface area contributed by atoms with Crippen molar-refractivity contribution in [2.24, 2.45) is 11.7 Å². The number of nitrogens with two attached hydrogens (primary N) is 1. The third-order valence-corrected chi connectivity index (χ3v) is 4.28. The average Bonchev–Trinajstić information content (AvgIpc) is 2.37. The van der Waals surface area contributed by atoms with Crippen molar-refractivity contribution in [3.8, 4) is 5.75 Å². The molecule has 0 saturated heterocycles. The van der Waals surface area contributed by atoms with Crippen molar-refractivity contribution in [3.05, 3.63) is 27.7 Å². The molecule has 1 atom stereocenters. The SMILES string of the molecule is Cl.N[C@@H](c1c(O)c(Br)cc(F)c1F)C1CCCCC1. The number of hydrogen-bond donors (Lipinski definition) is 2. The Morgan fingerprint density at radius 2 is 1.84 bits per heavy atom. The summed E-state index contributed by atoms with van der Waals surface area (Å²) in [5, 5.41) is 9.87. The number of phenols is 1. The highest BCUT2D eigenvalue weighted by molar-refractivity contribution is 9.10. The van der Waals surface area contributed by atoms with E-state index in [1.807, 2.05) is 0 Å². The van der Waals surface area contributed by atoms with Crippen LogP contribution in [0.4, 0.5) is 8.78 Å². The topological polar surface area (TPSA) is 46.2 Å². The summed E-state index contributed by atoms with van der Waals surface area (Å²) in [5.74, 6) is -2.20. The summed E-state index contributed by atoms with van der Waals surface area (Å²) >= 11 is 3.01. The molecule has 0 aromatic heterocycles. The van der Waals surface area contributed by atoms with Crippen molar-refractivity contribution < 1.29 is 13.9 Å². The molecular formula is C13H17BrClF2NO. The van der Waals surface area contributed by atoms with Gasteiger partial charge in [0.25, 0.3) is 0 Å². The third-order valence-electron chi connectivity index (χ3n) is 3.67. The average molecular weight is 357 g/mol. The largest absolute Gasteiger partial charge is 0.506 e. The van der Waals surface area contributed by atoms with Gasteiger partial charge in [-0.05, 0) is 40.8 Å². The van der Waals surface area contributed by atoms with Crippen LogP contribution in [0.1, 0.15) is 43.7 Å². The van der Waals surface area contributed by atoms with E-state index in [1.54, 1.807) is 0 Å². The molecule has 1 saturated carbocycles. The van der Waals surface area contributed by atoms with Crippen LogP contribution in [0.3, 0.4) is 0 Å². The summed E-state index contributed by atoms with van der Waals surface area (Å²) < 4.78 is 27.3. The molecule has 3 N–H and O–H groups in total. The lowest BCUT2D eigenvalue weighted by atomic mass is 9.81. The van der Waals surface area contributed by atoms with E-state index >= 15 is 0 Å². The quantitative estimate of drug-likeness (QED) is 0.770. The fourth-order valence-corrected chi connectivity index (χ4v) is 3.05. The van der Waals surface area contributed by atoms with E-state index in [1.165, 1.54) is 0 Å². The molecule has 1 aliphatic rings. The zero-order valence-electron chi connectivity index (χ0n) is 10.3. The van der Waals surface area contributed by atoms with Crippen LogP contribution >= 0.6 is 28.3 Å². The minimum Gasteiger partial charge on any atom is -0.506 e. The number of hydrogen-bond acceptors (Lipinski definition) is 2. The number of benzene rings is 1. The maximum absolute atomic E-state index is 13.8. The smallest absolute Gasteiger partial charge is 0.167 e. The van der Waals surface area contributed by atoms with Gasteiger partial charge in [-0.25, -0.2) is 8.78 Å². The summed E-state index contributed by atoms with van der Waals surface area (Å²) in [5.41, 5.74) is 5.92. The van der Waals surface area contributed by atoms with E-state index in [0.717, 1.165) is 38.2 Å². The maximum atomic E-state index is 13.8. The fraction of sp³-hybridized carbons (Fsp3) is 0.538. The number of phenolic OH excluding ortho intramolecular Hbond substituents is 1. The molecule has 2 rings (SSSR count). The number of aromatic hydroxyl groups is 1. The Morgan fingerprint density at radius 1 is 1.26 bits per heavy atom. The standard InChI is InChI=1S/C13H16BrF2NO.ClH/c14-8-6-9(15)11(16)10(13(8)18)12(17)7-4-2-1-3-5-7;/h6-7,12,18H,1-5,17H2;1H/t12-;/m1./s1. The predicted molar refractivity (Wildman–Crippen MR) is 76.5 cm³/mol. The van der Waals surface area contributed by atoms with E-state index in [9.17, 15) is 13.9 Å². The first-order valence-corrected chi connectivity index (χ1v) is 6.93. The molecule has 108 valence electrons. The van der Waals surface area contributed by atoms with E-state index in [4.69, 9.17) is 5.73 Å². The molecule has 0 amide bonds. The summed E-state index contributed by atoms with van der Waals surface area (Å²) in [4.78, 5) is 0. The molecule has 1 aromatic rings. The predicted octanol–water partition coefficient (Wildman–Crippen LogP) is 4.43. The molecule has 1 aliphatic carbocycles. The highest BCUT2D eigenvalue weighted by Gasteiger charge is 2.29. The van der Waals surface area contributed by atoms with E-state index in [0.29, 0.717) is 0 Å². The van der Waals surface area contributed by atoms with Gasteiger partial charge in [-0.3, -0.25) is 0 Å². The van der Waals surface area contributed by atoms with Gasteiger partial charge in [-0.15, -0.1) is 12.4 Å². The van der Waals surface area contributed by atoms with Gasteiger partial charge in [0.05, 0.1) is 10.0 Å². The molecule has 0 radical (unpaired) electrons. The monoisotopic (exact) mass is 355 g/mol. The summed E-state index contributed by atoms with van der Waals surface area (Å²) in [7, 11) is 0. The Hall–Kier alpha value is -0.390. The zero-order chi connectivity index (χ0) is 13.3. The fourth-order valence-electron chi connectivity index (χ4n) is 2.64. The van der Waals surface area contributed by atoms with Crippen LogP contribution in [0.5, 0.6) is 5.75 Å². The number of halogens is 4. The van der Waals surface area contributed by atoms with Gasteiger partial charge in [0.15, 0.2) is 11.6 Å². The van der Waals surface area contributed by atoms with Gasteiger partial charge in [0.1, 0.15) is 5.75 Å². The van der Waals surface area contributed by atoms with Crippen molar-refractivity contribution in [2.45, 2.75) is 38.1 Å². The summed E-state index contributed by atoms with van der Waals surface area (Å²) in [6, 6.07) is 0.263. The van der Waals surface area contributed by atoms with E-state index in [2.05, 4.69) is 15.9 Å². The molecular weight excluding hydrogens is 340 g/mol. The zero-order valence-corrected chi connectivity index (χ0v) is 12.7. The van der Waals surface area contributed by atoms with Crippen molar-refractivity contribution in [1.82, 2.24) is 0 Å². The molecule has 0 unspecified atom stereocenters. The van der Waals surface area contributed by atoms with E-state index in [-0.39, 0.29) is 34.1 Å². The summed E-state index contributed by atoms with van der Waals surface area (Å²) in [6.45, 7) is 0. The Labute approximate surface area is 125 Å². The molecule has 0 spiro atoms. The van der Waals surface area contributed by atoms with Gasteiger partial charge in [-0.2, -0.15) is 0 Å². The molecule has 0 heterocycles. The Bertz CT molecular complexity index is 427. The van der Waals surface area contributed by atoms with Gasteiger partial charge < -0.3 is 10.8 Å². The first-order valence-electron chi connectivity index (χ1n) is 6.14. The van der Waals surface area contributed by atoms with Crippen LogP contribution in [-0.2, 0) is 0 Å². The molecule has 1 aromatic carbocycles. The third kappa shape index (κ3) is 3.38. The van der Waals surface area contributed by atoms with E-state index < -0.39 is 17.7 Å². The minimum absolute atomic E-state index is 0. The molecule has 6 heteroatoms. The van der Waals surface area contributed by atoms with Gasteiger partial charge in [0.2, 0.25) is 0 Å². The molecule has 0 bridgehead atoms. The van der Waals surface area contributed by atoms with Crippen molar-refractivity contribution in [2.75, 3.05) is 0 Å². The molecule has 0 aliphatic heterocycles. The van der Waals surface area contributed by atoms with Crippen LogP contribution in [0.25, 0.3) is 0 Å². The normalized spacial score (nSPS) is 17.9. The van der Waals surface area contributed by atoms with Crippen molar-refractivity contribution >= 4 is 28.3 Å². The summed E-state index contributed by atoms with van der Waals surface area (Å²) in [6.07, 6.45) is 5.06. The Balaban J connectivity index is 0.00000180. The van der Waals surface area contributed by atoms with Crippen LogP contribution < -0.4 is 5.73 Å². The first-order chi connectivity index (χ1) is 8.52. The van der Waals surface area contributed by atoms with Crippen LogP contribution in [0.15, 0.2) is 10.5 Å². The van der Waals surface area contributed by atoms with Crippen LogP contribution in [0.2, 0.25) is 0 Å². The van der Waals surface area contributed by atoms with Crippen LogP contribution in [-0.4, -0.2) is 5.11 Å². The highest BCUT2D eigenvalue weighted by Crippen LogP contribution is 2.41. The van der Waals surface area contributed by atoms with Gasteiger partial charge in [0, 0.05) is 6.04 Å². The van der Waals surface area contributed by atoms with Gasteiger partial charge >= 0.3 is 0 Å². The van der Waals surface area contributed by atoms with Gasteiger partial charge in [-0.1, -0.05) is 19.3 Å². The molecule has 2 nitrogen and oxygen atoms in total. The minimum atomic E-state index is -1.03. The first kappa shape index (κ1) is 16.7. The second-order valence-corrected chi connectivity index (χ2v) is 5.69. The molecule has 19 heavy (non-hydrogen) atoms. The second kappa shape index (κ2) is 6.86. The lowest BCUT2D eigenvalue weighted by Gasteiger charge is -2.28. The van der Waals surface area contributed by atoms with Crippen molar-refractivity contribution in [3.63, 3.8) is 0 Å². The van der Waals surface area contributed by atoms with Crippen LogP contribution in [0, 0.1) is 17.6 Å². The Kier molecular flexibility index (Phi) is 6.02. The number of rotatable bonds is 2. The van der Waals surface area contributed by atoms with Crippen molar-refractivity contribution in [1.29, 1.82) is 0 Å². The maximum Gasteiger partial charge on any atom is 0.167 e. The highest BCUT2D eigenvalue weighted by atomic mass is 79.9. The second-order valence-electron chi connectivity index (χ2n) is 4.84.